The number of ether oxygens (including phenoxy) is 1. The summed E-state index contributed by atoms with van der Waals surface area (Å²) in [5.41, 5.74) is -0.435. The van der Waals surface area contributed by atoms with Crippen molar-refractivity contribution in [2.45, 2.75) is 45.8 Å². The van der Waals surface area contributed by atoms with Gasteiger partial charge in [-0.3, -0.25) is 4.68 Å². The van der Waals surface area contributed by atoms with Crippen molar-refractivity contribution in [3.63, 3.8) is 0 Å². The van der Waals surface area contributed by atoms with Gasteiger partial charge in [-0.05, 0) is 56.2 Å². The van der Waals surface area contributed by atoms with Gasteiger partial charge in [-0.15, -0.1) is 0 Å². The Morgan fingerprint density at radius 2 is 2.22 bits per heavy atom. The third-order valence-electron chi connectivity index (χ3n) is 2.08. The van der Waals surface area contributed by atoms with Crippen LogP contribution in [0.1, 0.15) is 33.6 Å². The molecule has 6 heteroatoms. The first-order valence-electron chi connectivity index (χ1n) is 6.01. The van der Waals surface area contributed by atoms with Gasteiger partial charge < -0.3 is 10.1 Å². The molecule has 0 fully saturated rings. The lowest BCUT2D eigenvalue weighted by Gasteiger charge is -2.19. The van der Waals surface area contributed by atoms with Crippen LogP contribution in [0.3, 0.4) is 0 Å². The highest BCUT2D eigenvalue weighted by atomic mass is 127. The Hall–Kier alpha value is -0.790. The van der Waals surface area contributed by atoms with E-state index in [0.717, 1.165) is 23.0 Å². The van der Waals surface area contributed by atoms with Gasteiger partial charge in [0.25, 0.3) is 0 Å². The third-order valence-corrected chi connectivity index (χ3v) is 2.64. The predicted octanol–water partition coefficient (Wildman–Crippen LogP) is 2.79. The summed E-state index contributed by atoms with van der Waals surface area (Å²) in [5, 5.41) is 6.93. The molecule has 1 aromatic rings. The van der Waals surface area contributed by atoms with Gasteiger partial charge in [0.2, 0.25) is 0 Å². The number of rotatable bonds is 5. The van der Waals surface area contributed by atoms with E-state index in [1.165, 1.54) is 0 Å². The Kier molecular flexibility index (Phi) is 5.90. The minimum Gasteiger partial charge on any atom is -0.444 e. The standard InChI is InChI=1S/C12H20IN3O2/c1-12(2,3)18-11(17)14-6-4-5-7-16-9-10(13)8-15-16/h8-9H,4-7H2,1-3H3,(H,14,17). The van der Waals surface area contributed by atoms with Crippen molar-refractivity contribution in [1.82, 2.24) is 15.1 Å². The summed E-state index contributed by atoms with van der Waals surface area (Å²) in [5.74, 6) is 0. The van der Waals surface area contributed by atoms with Gasteiger partial charge >= 0.3 is 6.09 Å². The molecule has 0 atom stereocenters. The molecule has 1 heterocycles. The van der Waals surface area contributed by atoms with Crippen LogP contribution in [-0.2, 0) is 11.3 Å². The second-order valence-electron chi connectivity index (χ2n) is 5.06. The lowest BCUT2D eigenvalue weighted by atomic mass is 10.2. The topological polar surface area (TPSA) is 56.1 Å². The predicted molar refractivity (Wildman–Crippen MR) is 78.4 cm³/mol. The van der Waals surface area contributed by atoms with Crippen molar-refractivity contribution in [2.75, 3.05) is 6.54 Å². The third kappa shape index (κ3) is 6.83. The number of halogens is 1. The molecule has 0 spiro atoms. The van der Waals surface area contributed by atoms with Gasteiger partial charge in [0.1, 0.15) is 5.60 Å². The number of hydrogen-bond donors (Lipinski definition) is 1. The van der Waals surface area contributed by atoms with Crippen LogP contribution < -0.4 is 5.32 Å². The normalized spacial score (nSPS) is 11.3. The van der Waals surface area contributed by atoms with Gasteiger partial charge in [-0.25, -0.2) is 4.79 Å². The minimum absolute atomic E-state index is 0.351. The molecule has 0 bridgehead atoms. The van der Waals surface area contributed by atoms with E-state index in [2.05, 4.69) is 33.0 Å². The molecular formula is C12H20IN3O2. The zero-order valence-corrected chi connectivity index (χ0v) is 13.2. The van der Waals surface area contributed by atoms with Crippen molar-refractivity contribution < 1.29 is 9.53 Å². The summed E-state index contributed by atoms with van der Waals surface area (Å²) in [6.07, 6.45) is 5.38. The molecule has 0 unspecified atom stereocenters. The molecule has 0 saturated heterocycles. The maximum atomic E-state index is 11.3. The molecule has 0 aliphatic heterocycles. The van der Waals surface area contributed by atoms with E-state index in [-0.39, 0.29) is 6.09 Å². The number of nitrogens with one attached hydrogen (secondary N) is 1. The first-order valence-corrected chi connectivity index (χ1v) is 7.09. The second kappa shape index (κ2) is 6.96. The highest BCUT2D eigenvalue weighted by Gasteiger charge is 2.15. The van der Waals surface area contributed by atoms with Crippen LogP contribution in [0.4, 0.5) is 4.79 Å². The number of carbonyl (C=O) groups excluding carboxylic acids is 1. The Labute approximate surface area is 121 Å². The highest BCUT2D eigenvalue weighted by molar-refractivity contribution is 14.1. The van der Waals surface area contributed by atoms with Gasteiger partial charge in [-0.1, -0.05) is 0 Å². The summed E-state index contributed by atoms with van der Waals surface area (Å²) in [7, 11) is 0. The first-order chi connectivity index (χ1) is 8.37. The molecular weight excluding hydrogens is 345 g/mol. The molecule has 1 rings (SSSR count). The van der Waals surface area contributed by atoms with E-state index in [1.54, 1.807) is 0 Å². The number of amides is 1. The molecule has 0 saturated carbocycles. The first kappa shape index (κ1) is 15.3. The summed E-state index contributed by atoms with van der Waals surface area (Å²) >= 11 is 2.23. The molecule has 1 aromatic heterocycles. The Balaban J connectivity index is 2.07. The molecule has 0 aliphatic carbocycles. The summed E-state index contributed by atoms with van der Waals surface area (Å²) in [6, 6.07) is 0. The average Bonchev–Trinajstić information content (AvgIpc) is 2.61. The van der Waals surface area contributed by atoms with Gasteiger partial charge in [0.15, 0.2) is 0 Å². The number of aryl methyl sites for hydroxylation is 1. The number of carbonyl (C=O) groups is 1. The van der Waals surface area contributed by atoms with Gasteiger partial charge in [0, 0.05) is 19.3 Å². The summed E-state index contributed by atoms with van der Waals surface area (Å²) in [4.78, 5) is 11.3. The van der Waals surface area contributed by atoms with Crippen molar-refractivity contribution in [3.05, 3.63) is 16.0 Å². The summed E-state index contributed by atoms with van der Waals surface area (Å²) in [6.45, 7) is 7.07. The van der Waals surface area contributed by atoms with E-state index in [9.17, 15) is 4.79 Å². The molecule has 1 amide bonds. The van der Waals surface area contributed by atoms with Crippen LogP contribution in [0, 0.1) is 3.57 Å². The van der Waals surface area contributed by atoms with E-state index in [0.29, 0.717) is 6.54 Å². The van der Waals surface area contributed by atoms with Crippen LogP contribution >= 0.6 is 22.6 Å². The molecule has 0 aromatic carbocycles. The lowest BCUT2D eigenvalue weighted by Crippen LogP contribution is -2.33. The van der Waals surface area contributed by atoms with Crippen LogP contribution in [0.5, 0.6) is 0 Å². The molecule has 0 aliphatic rings. The quantitative estimate of drug-likeness (QED) is 0.645. The van der Waals surface area contributed by atoms with Gasteiger partial charge in [-0.2, -0.15) is 5.10 Å². The van der Waals surface area contributed by atoms with Crippen LogP contribution in [0.25, 0.3) is 0 Å². The molecule has 102 valence electrons. The van der Waals surface area contributed by atoms with E-state index in [1.807, 2.05) is 37.8 Å². The van der Waals surface area contributed by atoms with E-state index >= 15 is 0 Å². The maximum Gasteiger partial charge on any atom is 0.407 e. The maximum absolute atomic E-state index is 11.3. The molecule has 1 N–H and O–H groups in total. The fourth-order valence-corrected chi connectivity index (χ4v) is 1.81. The van der Waals surface area contributed by atoms with Crippen molar-refractivity contribution in [1.29, 1.82) is 0 Å². The highest BCUT2D eigenvalue weighted by Crippen LogP contribution is 2.06. The van der Waals surface area contributed by atoms with E-state index < -0.39 is 5.60 Å². The van der Waals surface area contributed by atoms with Crippen LogP contribution in [0.15, 0.2) is 12.4 Å². The fourth-order valence-electron chi connectivity index (χ4n) is 1.36. The van der Waals surface area contributed by atoms with Gasteiger partial charge in [0.05, 0.1) is 9.77 Å². The Morgan fingerprint density at radius 1 is 1.50 bits per heavy atom. The molecule has 5 nitrogen and oxygen atoms in total. The van der Waals surface area contributed by atoms with Crippen molar-refractivity contribution in [3.8, 4) is 0 Å². The number of hydrogen-bond acceptors (Lipinski definition) is 3. The molecule has 18 heavy (non-hydrogen) atoms. The molecule has 0 radical (unpaired) electrons. The minimum atomic E-state index is -0.435. The van der Waals surface area contributed by atoms with Crippen LogP contribution in [-0.4, -0.2) is 28.0 Å². The average molecular weight is 365 g/mol. The van der Waals surface area contributed by atoms with Crippen molar-refractivity contribution in [2.24, 2.45) is 0 Å². The lowest BCUT2D eigenvalue weighted by molar-refractivity contribution is 0.0527. The second-order valence-corrected chi connectivity index (χ2v) is 6.30. The fraction of sp³-hybridized carbons (Fsp3) is 0.667. The number of alkyl carbamates (subject to hydrolysis) is 1. The van der Waals surface area contributed by atoms with Crippen LogP contribution in [0.2, 0.25) is 0 Å². The smallest absolute Gasteiger partial charge is 0.407 e. The summed E-state index contributed by atoms with van der Waals surface area (Å²) < 4.78 is 8.19. The SMILES string of the molecule is CC(C)(C)OC(=O)NCCCCn1cc(I)cn1. The number of aromatic nitrogens is 2. The zero-order valence-electron chi connectivity index (χ0n) is 11.1. The number of unbranched alkanes of at least 4 members (excludes halogenated alkanes) is 1. The monoisotopic (exact) mass is 365 g/mol. The van der Waals surface area contributed by atoms with Crippen molar-refractivity contribution >= 4 is 28.7 Å². The zero-order chi connectivity index (χ0) is 13.6. The Morgan fingerprint density at radius 3 is 2.78 bits per heavy atom. The number of nitrogens with zero attached hydrogens (tertiary/aromatic N) is 2. The largest absolute Gasteiger partial charge is 0.444 e. The Bertz CT molecular complexity index is 385. The van der Waals surface area contributed by atoms with E-state index in [4.69, 9.17) is 4.74 Å².